The van der Waals surface area contributed by atoms with Gasteiger partial charge >= 0.3 is 0 Å². The van der Waals surface area contributed by atoms with Crippen molar-refractivity contribution in [3.8, 4) is 0 Å². The van der Waals surface area contributed by atoms with E-state index < -0.39 is 0 Å². The molecule has 17 heavy (non-hydrogen) atoms. The highest BCUT2D eigenvalue weighted by atomic mass is 32.1. The van der Waals surface area contributed by atoms with Crippen molar-refractivity contribution in [2.24, 2.45) is 0 Å². The Morgan fingerprint density at radius 1 is 1.29 bits per heavy atom. The van der Waals surface area contributed by atoms with Crippen molar-refractivity contribution >= 4 is 11.3 Å². The molecule has 0 bridgehead atoms. The molecule has 2 heterocycles. The van der Waals surface area contributed by atoms with Gasteiger partial charge in [-0.05, 0) is 13.5 Å². The smallest absolute Gasteiger partial charge is 0.135 e. The molecule has 0 aromatic carbocycles. The van der Waals surface area contributed by atoms with Crippen molar-refractivity contribution in [2.45, 2.75) is 26.8 Å². The summed E-state index contributed by atoms with van der Waals surface area (Å²) in [5, 5.41) is 6.37. The average molecular weight is 248 g/mol. The second kappa shape index (κ2) is 5.84. The van der Waals surface area contributed by atoms with Gasteiger partial charge in [-0.15, -0.1) is 11.3 Å². The van der Waals surface area contributed by atoms with E-state index in [1.165, 1.54) is 0 Å². The summed E-state index contributed by atoms with van der Waals surface area (Å²) in [5.74, 6) is 0.833. The number of aromatic nitrogens is 3. The molecular weight excluding hydrogens is 232 g/mol. The fourth-order valence-electron chi connectivity index (χ4n) is 1.45. The molecule has 0 aliphatic heterocycles. The molecule has 2 aromatic heterocycles. The van der Waals surface area contributed by atoms with Crippen molar-refractivity contribution in [1.29, 1.82) is 0 Å². The minimum atomic E-state index is 0.722. The average Bonchev–Trinajstić information content (AvgIpc) is 2.74. The molecule has 0 aliphatic carbocycles. The van der Waals surface area contributed by atoms with Crippen molar-refractivity contribution in [3.05, 3.63) is 39.9 Å². The van der Waals surface area contributed by atoms with E-state index in [2.05, 4.69) is 32.6 Å². The largest absolute Gasteiger partial charge is 0.313 e. The summed E-state index contributed by atoms with van der Waals surface area (Å²) in [5.41, 5.74) is 2.18. The zero-order valence-corrected chi connectivity index (χ0v) is 10.9. The van der Waals surface area contributed by atoms with E-state index in [9.17, 15) is 0 Å². The van der Waals surface area contributed by atoms with Gasteiger partial charge in [0, 0.05) is 35.6 Å². The molecule has 0 saturated carbocycles. The first-order valence-corrected chi connectivity index (χ1v) is 6.57. The lowest BCUT2D eigenvalue weighted by Crippen LogP contribution is -2.12. The van der Waals surface area contributed by atoms with Crippen LogP contribution >= 0.6 is 11.3 Å². The van der Waals surface area contributed by atoms with Gasteiger partial charge in [0.05, 0.1) is 6.42 Å². The highest BCUT2D eigenvalue weighted by Gasteiger charge is 2.03. The first-order chi connectivity index (χ1) is 8.28. The van der Waals surface area contributed by atoms with E-state index in [0.717, 1.165) is 41.6 Å². The van der Waals surface area contributed by atoms with Crippen LogP contribution in [0.15, 0.2) is 17.8 Å². The summed E-state index contributed by atoms with van der Waals surface area (Å²) in [4.78, 5) is 13.1. The third-order valence-electron chi connectivity index (χ3n) is 2.31. The van der Waals surface area contributed by atoms with Crippen molar-refractivity contribution in [2.75, 3.05) is 6.54 Å². The SMILES string of the molecule is CCNCc1cnc(Cc2nc(C)cs2)nc1. The Labute approximate surface area is 105 Å². The van der Waals surface area contributed by atoms with Crippen molar-refractivity contribution in [1.82, 2.24) is 20.3 Å². The molecule has 2 aromatic rings. The van der Waals surface area contributed by atoms with Crippen LogP contribution in [0.4, 0.5) is 0 Å². The van der Waals surface area contributed by atoms with Gasteiger partial charge in [0.1, 0.15) is 10.8 Å². The highest BCUT2D eigenvalue weighted by Crippen LogP contribution is 2.11. The van der Waals surface area contributed by atoms with Crippen molar-refractivity contribution in [3.63, 3.8) is 0 Å². The molecule has 0 atom stereocenters. The maximum atomic E-state index is 4.40. The maximum Gasteiger partial charge on any atom is 0.135 e. The van der Waals surface area contributed by atoms with Crippen LogP contribution in [0.1, 0.15) is 29.0 Å². The van der Waals surface area contributed by atoms with Gasteiger partial charge in [-0.2, -0.15) is 0 Å². The third-order valence-corrected chi connectivity index (χ3v) is 3.28. The molecule has 0 saturated heterocycles. The number of hydrogen-bond donors (Lipinski definition) is 1. The normalized spacial score (nSPS) is 10.7. The predicted molar refractivity (Wildman–Crippen MR) is 69.1 cm³/mol. The van der Waals surface area contributed by atoms with Crippen LogP contribution in [0.3, 0.4) is 0 Å². The molecule has 0 radical (unpaired) electrons. The van der Waals surface area contributed by atoms with Crippen LogP contribution in [-0.2, 0) is 13.0 Å². The first kappa shape index (κ1) is 12.1. The van der Waals surface area contributed by atoms with Gasteiger partial charge in [-0.25, -0.2) is 15.0 Å². The van der Waals surface area contributed by atoms with Crippen molar-refractivity contribution < 1.29 is 0 Å². The van der Waals surface area contributed by atoms with E-state index in [1.807, 2.05) is 19.3 Å². The number of hydrogen-bond acceptors (Lipinski definition) is 5. The molecule has 0 fully saturated rings. The van der Waals surface area contributed by atoms with E-state index >= 15 is 0 Å². The Balaban J connectivity index is 1.98. The zero-order chi connectivity index (χ0) is 12.1. The number of nitrogens with one attached hydrogen (secondary N) is 1. The van der Waals surface area contributed by atoms with Gasteiger partial charge in [-0.3, -0.25) is 0 Å². The quantitative estimate of drug-likeness (QED) is 0.878. The van der Waals surface area contributed by atoms with Crippen LogP contribution in [-0.4, -0.2) is 21.5 Å². The molecule has 0 amide bonds. The van der Waals surface area contributed by atoms with Gasteiger partial charge in [0.2, 0.25) is 0 Å². The molecular formula is C12H16N4S. The fraction of sp³-hybridized carbons (Fsp3) is 0.417. The number of nitrogens with zero attached hydrogens (tertiary/aromatic N) is 3. The van der Waals surface area contributed by atoms with Crippen LogP contribution in [0.2, 0.25) is 0 Å². The summed E-state index contributed by atoms with van der Waals surface area (Å²) in [7, 11) is 0. The summed E-state index contributed by atoms with van der Waals surface area (Å²) in [6.07, 6.45) is 4.48. The van der Waals surface area contributed by atoms with E-state index in [-0.39, 0.29) is 0 Å². The maximum absolute atomic E-state index is 4.40. The number of thiazole rings is 1. The second-order valence-corrected chi connectivity index (χ2v) is 4.79. The number of aryl methyl sites for hydroxylation is 1. The summed E-state index contributed by atoms with van der Waals surface area (Å²) in [6, 6.07) is 0. The fourth-order valence-corrected chi connectivity index (χ4v) is 2.22. The Morgan fingerprint density at radius 3 is 2.65 bits per heavy atom. The summed E-state index contributed by atoms with van der Waals surface area (Å²) < 4.78 is 0. The number of rotatable bonds is 5. The minimum Gasteiger partial charge on any atom is -0.313 e. The van der Waals surface area contributed by atoms with Gasteiger partial charge < -0.3 is 5.32 Å². The predicted octanol–water partition coefficient (Wildman–Crippen LogP) is 1.94. The topological polar surface area (TPSA) is 50.7 Å². The minimum absolute atomic E-state index is 0.722. The van der Waals surface area contributed by atoms with Gasteiger partial charge in [-0.1, -0.05) is 6.92 Å². The molecule has 0 unspecified atom stereocenters. The Kier molecular flexibility index (Phi) is 4.17. The van der Waals surface area contributed by atoms with Crippen LogP contribution in [0.5, 0.6) is 0 Å². The van der Waals surface area contributed by atoms with Gasteiger partial charge in [0.25, 0.3) is 0 Å². The molecule has 2 rings (SSSR count). The lowest BCUT2D eigenvalue weighted by atomic mass is 10.3. The third kappa shape index (κ3) is 3.57. The zero-order valence-electron chi connectivity index (χ0n) is 10.1. The van der Waals surface area contributed by atoms with Crippen LogP contribution < -0.4 is 5.32 Å². The molecule has 5 heteroatoms. The Bertz CT molecular complexity index is 464. The highest BCUT2D eigenvalue weighted by molar-refractivity contribution is 7.09. The van der Waals surface area contributed by atoms with Crippen LogP contribution in [0, 0.1) is 6.92 Å². The lowest BCUT2D eigenvalue weighted by molar-refractivity contribution is 0.718. The molecule has 1 N–H and O–H groups in total. The van der Waals surface area contributed by atoms with E-state index in [4.69, 9.17) is 0 Å². The Morgan fingerprint density at radius 2 is 2.06 bits per heavy atom. The van der Waals surface area contributed by atoms with E-state index in [0.29, 0.717) is 0 Å². The monoisotopic (exact) mass is 248 g/mol. The Hall–Kier alpha value is -1.33. The molecule has 0 aliphatic rings. The summed E-state index contributed by atoms with van der Waals surface area (Å²) in [6.45, 7) is 5.87. The molecule has 90 valence electrons. The standard InChI is InChI=1S/C12H16N4S/c1-3-13-5-10-6-14-11(15-7-10)4-12-16-9(2)8-17-12/h6-8,13H,3-5H2,1-2H3. The summed E-state index contributed by atoms with van der Waals surface area (Å²) >= 11 is 1.66. The molecule has 0 spiro atoms. The second-order valence-electron chi connectivity index (χ2n) is 3.85. The molecule has 4 nitrogen and oxygen atoms in total. The van der Waals surface area contributed by atoms with Crippen LogP contribution in [0.25, 0.3) is 0 Å². The van der Waals surface area contributed by atoms with Gasteiger partial charge in [0.15, 0.2) is 0 Å². The van der Waals surface area contributed by atoms with E-state index in [1.54, 1.807) is 11.3 Å². The lowest BCUT2D eigenvalue weighted by Gasteiger charge is -2.02. The first-order valence-electron chi connectivity index (χ1n) is 5.69.